The summed E-state index contributed by atoms with van der Waals surface area (Å²) in [7, 11) is 0. The maximum Gasteiger partial charge on any atom is 0.155 e. The van der Waals surface area contributed by atoms with Crippen molar-refractivity contribution in [2.75, 3.05) is 12.3 Å². The Morgan fingerprint density at radius 3 is 2.52 bits per heavy atom. The maximum atomic E-state index is 6.16. The lowest BCUT2D eigenvalue weighted by atomic mass is 10.1. The van der Waals surface area contributed by atoms with Crippen LogP contribution in [0.15, 0.2) is 51.9 Å². The Balaban J connectivity index is 0.000000880. The number of hydrogen-bond donors (Lipinski definition) is 1. The molecule has 2 aromatic rings. The highest BCUT2D eigenvalue weighted by Crippen LogP contribution is 2.32. The molecule has 1 aliphatic carbocycles. The van der Waals surface area contributed by atoms with Crippen molar-refractivity contribution in [1.82, 2.24) is 4.98 Å². The number of nitrogen functional groups attached to an aromatic ring is 1. The van der Waals surface area contributed by atoms with Gasteiger partial charge in [0.05, 0.1) is 5.36 Å². The van der Waals surface area contributed by atoms with Crippen LogP contribution in [-0.4, -0.2) is 11.5 Å². The van der Waals surface area contributed by atoms with Gasteiger partial charge in [-0.1, -0.05) is 38.1 Å². The van der Waals surface area contributed by atoms with Gasteiger partial charge in [0.2, 0.25) is 0 Å². The van der Waals surface area contributed by atoms with Gasteiger partial charge in [-0.05, 0) is 25.5 Å². The summed E-state index contributed by atoms with van der Waals surface area (Å²) in [5, 5.41) is 2.95. The first-order valence-electron chi connectivity index (χ1n) is 8.70. The lowest BCUT2D eigenvalue weighted by Crippen LogP contribution is -2.09. The fourth-order valence-electron chi connectivity index (χ4n) is 2.97. The fourth-order valence-corrected chi connectivity index (χ4v) is 2.97. The van der Waals surface area contributed by atoms with Crippen LogP contribution in [0.5, 0.6) is 0 Å². The molecule has 0 radical (unpaired) electrons. The van der Waals surface area contributed by atoms with E-state index in [-0.39, 0.29) is 0 Å². The lowest BCUT2D eigenvalue weighted by molar-refractivity contribution is 0.612. The Morgan fingerprint density at radius 1 is 1.08 bits per heavy atom. The van der Waals surface area contributed by atoms with E-state index in [4.69, 9.17) is 15.1 Å². The van der Waals surface area contributed by atoms with Crippen molar-refractivity contribution in [3.8, 4) is 11.5 Å². The van der Waals surface area contributed by atoms with E-state index in [0.717, 1.165) is 45.2 Å². The molecule has 0 atom stereocenters. The first-order valence-corrected chi connectivity index (χ1v) is 8.70. The van der Waals surface area contributed by atoms with Gasteiger partial charge < -0.3 is 10.2 Å². The zero-order valence-corrected chi connectivity index (χ0v) is 15.1. The zero-order valence-electron chi connectivity index (χ0n) is 15.1. The third-order valence-corrected chi connectivity index (χ3v) is 4.07. The molecular formula is C21H23N3O. The first-order chi connectivity index (χ1) is 12.2. The highest BCUT2D eigenvalue weighted by Gasteiger charge is 2.13. The molecule has 2 aliphatic rings. The summed E-state index contributed by atoms with van der Waals surface area (Å²) in [5.41, 5.74) is 10.3. The second-order valence-electron chi connectivity index (χ2n) is 5.65. The number of nitrogens with two attached hydrogens (primary N) is 1. The highest BCUT2D eigenvalue weighted by molar-refractivity contribution is 6.09. The summed E-state index contributed by atoms with van der Waals surface area (Å²) in [5.74, 6) is 0.727. The molecule has 0 saturated heterocycles. The summed E-state index contributed by atoms with van der Waals surface area (Å²) in [4.78, 5) is 9.31. The quantitative estimate of drug-likeness (QED) is 0.305. The minimum Gasteiger partial charge on any atom is -0.453 e. The summed E-state index contributed by atoms with van der Waals surface area (Å²) in [6.45, 7) is 8.80. The molecular weight excluding hydrogens is 310 g/mol. The van der Waals surface area contributed by atoms with Crippen molar-refractivity contribution >= 4 is 27.6 Å². The van der Waals surface area contributed by atoms with E-state index in [9.17, 15) is 0 Å². The number of anilines is 1. The van der Waals surface area contributed by atoms with E-state index >= 15 is 0 Å². The summed E-state index contributed by atoms with van der Waals surface area (Å²) >= 11 is 0. The molecule has 128 valence electrons. The van der Waals surface area contributed by atoms with Crippen molar-refractivity contribution in [2.24, 2.45) is 4.99 Å². The number of nitrogens with zero attached hydrogens (tertiary/aromatic N) is 2. The van der Waals surface area contributed by atoms with Gasteiger partial charge in [-0.15, -0.1) is 0 Å². The van der Waals surface area contributed by atoms with E-state index in [1.165, 1.54) is 0 Å². The Labute approximate surface area is 147 Å². The van der Waals surface area contributed by atoms with Crippen molar-refractivity contribution < 1.29 is 4.42 Å². The van der Waals surface area contributed by atoms with Crippen molar-refractivity contribution in [2.45, 2.75) is 27.7 Å². The van der Waals surface area contributed by atoms with Gasteiger partial charge in [0.25, 0.3) is 0 Å². The molecule has 0 fully saturated rings. The van der Waals surface area contributed by atoms with Crippen LogP contribution in [0.3, 0.4) is 0 Å². The number of fused-ring (bicyclic) bond motifs is 4. The van der Waals surface area contributed by atoms with Crippen LogP contribution < -0.4 is 11.1 Å². The molecule has 1 aliphatic heterocycles. The topological polar surface area (TPSA) is 64.4 Å². The molecule has 0 bridgehead atoms. The van der Waals surface area contributed by atoms with Crippen LogP contribution in [0.25, 0.3) is 33.3 Å². The summed E-state index contributed by atoms with van der Waals surface area (Å²) in [6.07, 6.45) is 0. The first kappa shape index (κ1) is 17.0. The number of hydrogen-bond acceptors (Lipinski definition) is 4. The minimum atomic E-state index is 0.694. The van der Waals surface area contributed by atoms with Crippen LogP contribution in [0.1, 0.15) is 26.3 Å². The molecule has 4 heteroatoms. The van der Waals surface area contributed by atoms with Crippen molar-refractivity contribution in [3.63, 3.8) is 0 Å². The van der Waals surface area contributed by atoms with Crippen molar-refractivity contribution in [1.29, 1.82) is 0 Å². The highest BCUT2D eigenvalue weighted by atomic mass is 16.3. The predicted molar refractivity (Wildman–Crippen MR) is 105 cm³/mol. The van der Waals surface area contributed by atoms with Gasteiger partial charge in [-0.3, -0.25) is 4.99 Å². The van der Waals surface area contributed by atoms with E-state index in [0.29, 0.717) is 11.3 Å². The number of rotatable bonds is 1. The molecule has 0 saturated carbocycles. The second kappa shape index (κ2) is 6.93. The largest absolute Gasteiger partial charge is 0.453 e. The zero-order chi connectivity index (χ0) is 18.0. The van der Waals surface area contributed by atoms with Gasteiger partial charge in [0, 0.05) is 35.1 Å². The van der Waals surface area contributed by atoms with Crippen LogP contribution in [0.4, 0.5) is 5.69 Å². The Morgan fingerprint density at radius 2 is 1.80 bits per heavy atom. The third-order valence-electron chi connectivity index (χ3n) is 4.07. The SMILES string of the molecule is CC.CCN=c1cc2oc3cc(N)c4ccccc4c3nc-2cc1C. The smallest absolute Gasteiger partial charge is 0.155 e. The second-order valence-corrected chi connectivity index (χ2v) is 5.65. The van der Waals surface area contributed by atoms with Crippen LogP contribution >= 0.6 is 0 Å². The molecule has 0 unspecified atom stereocenters. The third kappa shape index (κ3) is 2.95. The minimum absolute atomic E-state index is 0.694. The van der Waals surface area contributed by atoms with Gasteiger partial charge in [0.1, 0.15) is 11.2 Å². The van der Waals surface area contributed by atoms with E-state index in [1.54, 1.807) is 0 Å². The summed E-state index contributed by atoms with van der Waals surface area (Å²) in [6, 6.07) is 13.8. The maximum absolute atomic E-state index is 6.16. The van der Waals surface area contributed by atoms with Gasteiger partial charge in [0.15, 0.2) is 11.3 Å². The van der Waals surface area contributed by atoms with E-state index in [2.05, 4.69) is 4.99 Å². The van der Waals surface area contributed by atoms with Crippen LogP contribution in [0.2, 0.25) is 0 Å². The van der Waals surface area contributed by atoms with Gasteiger partial charge in [-0.25, -0.2) is 4.98 Å². The van der Waals surface area contributed by atoms with Gasteiger partial charge in [-0.2, -0.15) is 0 Å². The normalized spacial score (nSPS) is 11.8. The molecule has 1 heterocycles. The molecule has 0 aromatic heterocycles. The predicted octanol–water partition coefficient (Wildman–Crippen LogP) is 4.92. The molecule has 2 aromatic carbocycles. The Kier molecular flexibility index (Phi) is 4.70. The monoisotopic (exact) mass is 333 g/mol. The Bertz CT molecular complexity index is 1080. The van der Waals surface area contributed by atoms with Crippen LogP contribution in [0, 0.1) is 6.92 Å². The Hall–Kier alpha value is -2.88. The number of aromatic nitrogens is 1. The van der Waals surface area contributed by atoms with Gasteiger partial charge >= 0.3 is 0 Å². The standard InChI is InChI=1S/C19H17N3O.C2H6/c1-3-21-15-10-17-16(8-11(15)2)22-19-13-7-5-4-6-12(13)14(20)9-18(19)23-17;1-2/h4-10H,3,20H2,1-2H3;1-2H3. The average molecular weight is 333 g/mol. The fraction of sp³-hybridized carbons (Fsp3) is 0.238. The molecule has 4 nitrogen and oxygen atoms in total. The van der Waals surface area contributed by atoms with Crippen LogP contribution in [-0.2, 0) is 0 Å². The van der Waals surface area contributed by atoms with Crippen molar-refractivity contribution in [3.05, 3.63) is 53.4 Å². The lowest BCUT2D eigenvalue weighted by Gasteiger charge is -2.11. The summed E-state index contributed by atoms with van der Waals surface area (Å²) < 4.78 is 6.07. The molecule has 0 spiro atoms. The van der Waals surface area contributed by atoms with E-state index < -0.39 is 0 Å². The molecule has 2 N–H and O–H groups in total. The molecule has 25 heavy (non-hydrogen) atoms. The molecule has 4 rings (SSSR count). The number of aryl methyl sites for hydroxylation is 1. The molecule has 0 amide bonds. The van der Waals surface area contributed by atoms with E-state index in [1.807, 2.05) is 70.2 Å². The average Bonchev–Trinajstić information content (AvgIpc) is 2.64. The number of benzene rings is 3.